The van der Waals surface area contributed by atoms with Crippen molar-refractivity contribution >= 4 is 41.7 Å². The summed E-state index contributed by atoms with van der Waals surface area (Å²) in [5, 5.41) is 7.63. The van der Waals surface area contributed by atoms with Crippen LogP contribution in [0.25, 0.3) is 0 Å². The summed E-state index contributed by atoms with van der Waals surface area (Å²) in [6.45, 7) is 10.2. The zero-order chi connectivity index (χ0) is 18.1. The monoisotopic (exact) mass is 490 g/mol. The Labute approximate surface area is 181 Å². The van der Waals surface area contributed by atoms with Crippen molar-refractivity contribution in [2.75, 3.05) is 25.9 Å². The number of hydrogen-bond acceptors (Lipinski definition) is 3. The van der Waals surface area contributed by atoms with Crippen LogP contribution in [-0.2, 0) is 13.1 Å². The SMILES string of the molecule is CCNC(=NCc1ccccc1CN(C)C(C)C)NCC1CCCS1.I. The average Bonchev–Trinajstić information content (AvgIpc) is 3.12. The van der Waals surface area contributed by atoms with Gasteiger partial charge in [0.25, 0.3) is 0 Å². The zero-order valence-corrected chi connectivity index (χ0v) is 19.8. The van der Waals surface area contributed by atoms with E-state index in [0.717, 1.165) is 37.4 Å². The third kappa shape index (κ3) is 8.05. The van der Waals surface area contributed by atoms with Crippen molar-refractivity contribution in [3.8, 4) is 0 Å². The first-order chi connectivity index (χ1) is 12.1. The number of thioether (sulfide) groups is 1. The van der Waals surface area contributed by atoms with Crippen molar-refractivity contribution < 1.29 is 0 Å². The van der Waals surface area contributed by atoms with Crippen molar-refractivity contribution in [3.05, 3.63) is 35.4 Å². The Hall–Kier alpha value is -0.470. The molecule has 1 heterocycles. The molecule has 1 aromatic carbocycles. The third-order valence-corrected chi connectivity index (χ3v) is 6.09. The summed E-state index contributed by atoms with van der Waals surface area (Å²) in [5.74, 6) is 2.23. The molecule has 0 spiro atoms. The van der Waals surface area contributed by atoms with Crippen LogP contribution in [0.2, 0.25) is 0 Å². The summed E-state index contributed by atoms with van der Waals surface area (Å²) >= 11 is 2.08. The van der Waals surface area contributed by atoms with Gasteiger partial charge in [-0.05, 0) is 57.5 Å². The van der Waals surface area contributed by atoms with Gasteiger partial charge in [-0.1, -0.05) is 24.3 Å². The Kier molecular flexibility index (Phi) is 11.6. The maximum Gasteiger partial charge on any atom is 0.191 e. The minimum absolute atomic E-state index is 0. The molecule has 1 aliphatic heterocycles. The molecule has 1 fully saturated rings. The Bertz CT molecular complexity index is 544. The van der Waals surface area contributed by atoms with E-state index in [0.29, 0.717) is 6.04 Å². The van der Waals surface area contributed by atoms with Gasteiger partial charge in [0, 0.05) is 30.9 Å². The predicted octanol–water partition coefficient (Wildman–Crippen LogP) is 4.10. The molecule has 0 radical (unpaired) electrons. The van der Waals surface area contributed by atoms with Gasteiger partial charge >= 0.3 is 0 Å². The summed E-state index contributed by atoms with van der Waals surface area (Å²) in [5.41, 5.74) is 2.67. The lowest BCUT2D eigenvalue weighted by atomic mass is 10.1. The molecule has 26 heavy (non-hydrogen) atoms. The molecule has 0 amide bonds. The molecule has 0 saturated carbocycles. The van der Waals surface area contributed by atoms with E-state index in [9.17, 15) is 0 Å². The topological polar surface area (TPSA) is 39.7 Å². The van der Waals surface area contributed by atoms with Crippen LogP contribution in [0.4, 0.5) is 0 Å². The lowest BCUT2D eigenvalue weighted by Gasteiger charge is -2.22. The lowest BCUT2D eigenvalue weighted by Crippen LogP contribution is -2.40. The first-order valence-corrected chi connectivity index (χ1v) is 10.6. The summed E-state index contributed by atoms with van der Waals surface area (Å²) < 4.78 is 0. The van der Waals surface area contributed by atoms with Crippen molar-refractivity contribution in [1.29, 1.82) is 0 Å². The van der Waals surface area contributed by atoms with Crippen LogP contribution in [0.15, 0.2) is 29.3 Å². The fourth-order valence-corrected chi connectivity index (χ4v) is 4.04. The number of halogens is 1. The third-order valence-electron chi connectivity index (χ3n) is 4.69. The number of guanidine groups is 1. The van der Waals surface area contributed by atoms with Gasteiger partial charge in [0.1, 0.15) is 0 Å². The molecule has 2 N–H and O–H groups in total. The Balaban J connectivity index is 0.00000338. The van der Waals surface area contributed by atoms with Gasteiger partial charge in [-0.2, -0.15) is 11.8 Å². The molecule has 0 bridgehead atoms. The molecule has 1 aliphatic rings. The van der Waals surface area contributed by atoms with Crippen molar-refractivity contribution in [1.82, 2.24) is 15.5 Å². The van der Waals surface area contributed by atoms with Crippen LogP contribution in [-0.4, -0.2) is 48.0 Å². The Morgan fingerprint density at radius 2 is 2.00 bits per heavy atom. The molecule has 1 atom stereocenters. The van der Waals surface area contributed by atoms with Crippen molar-refractivity contribution in [2.24, 2.45) is 4.99 Å². The highest BCUT2D eigenvalue weighted by Gasteiger charge is 2.15. The minimum Gasteiger partial charge on any atom is -0.357 e. The summed E-state index contributed by atoms with van der Waals surface area (Å²) in [6.07, 6.45) is 2.67. The van der Waals surface area contributed by atoms with Gasteiger partial charge in [0.2, 0.25) is 0 Å². The van der Waals surface area contributed by atoms with Gasteiger partial charge in [-0.15, -0.1) is 24.0 Å². The number of aliphatic imine (C=N–C) groups is 1. The van der Waals surface area contributed by atoms with Gasteiger partial charge in [-0.3, -0.25) is 4.90 Å². The van der Waals surface area contributed by atoms with E-state index in [4.69, 9.17) is 4.99 Å². The van der Waals surface area contributed by atoms with Crippen LogP contribution in [0.3, 0.4) is 0 Å². The van der Waals surface area contributed by atoms with E-state index in [1.807, 2.05) is 0 Å². The van der Waals surface area contributed by atoms with Gasteiger partial charge in [0.15, 0.2) is 5.96 Å². The van der Waals surface area contributed by atoms with Crippen LogP contribution in [0, 0.1) is 0 Å². The molecule has 4 nitrogen and oxygen atoms in total. The normalized spacial score (nSPS) is 17.5. The maximum atomic E-state index is 4.82. The smallest absolute Gasteiger partial charge is 0.191 e. The maximum absolute atomic E-state index is 4.82. The van der Waals surface area contributed by atoms with Crippen molar-refractivity contribution in [2.45, 2.75) is 58.0 Å². The molecule has 6 heteroatoms. The van der Waals surface area contributed by atoms with Crippen LogP contribution in [0.5, 0.6) is 0 Å². The molecule has 1 saturated heterocycles. The van der Waals surface area contributed by atoms with Gasteiger partial charge < -0.3 is 10.6 Å². The van der Waals surface area contributed by atoms with Gasteiger partial charge in [-0.25, -0.2) is 4.99 Å². The molecular weight excluding hydrogens is 455 g/mol. The minimum atomic E-state index is 0. The standard InChI is InChI=1S/C20H34N4S.HI/c1-5-21-20(23-14-19-11-8-12-25-19)22-13-17-9-6-7-10-18(17)15-24(4)16(2)3;/h6-7,9-10,16,19H,5,8,11-15H2,1-4H3,(H2,21,22,23);1H. The van der Waals surface area contributed by atoms with E-state index in [-0.39, 0.29) is 24.0 Å². The summed E-state index contributed by atoms with van der Waals surface area (Å²) in [4.78, 5) is 7.19. The van der Waals surface area contributed by atoms with E-state index in [2.05, 4.69) is 79.4 Å². The number of nitrogens with zero attached hydrogens (tertiary/aromatic N) is 2. The molecule has 148 valence electrons. The van der Waals surface area contributed by atoms with Crippen molar-refractivity contribution in [3.63, 3.8) is 0 Å². The first kappa shape index (κ1) is 23.6. The second kappa shape index (κ2) is 12.8. The summed E-state index contributed by atoms with van der Waals surface area (Å²) in [6, 6.07) is 9.19. The predicted molar refractivity (Wildman–Crippen MR) is 127 cm³/mol. The van der Waals surface area contributed by atoms with Gasteiger partial charge in [0.05, 0.1) is 6.54 Å². The number of hydrogen-bond donors (Lipinski definition) is 2. The molecule has 2 rings (SSSR count). The average molecular weight is 490 g/mol. The quantitative estimate of drug-likeness (QED) is 0.327. The molecule has 1 aromatic rings. The fourth-order valence-electron chi connectivity index (χ4n) is 2.84. The van der Waals surface area contributed by atoms with E-state index in [1.54, 1.807) is 0 Å². The largest absolute Gasteiger partial charge is 0.357 e. The molecule has 1 unspecified atom stereocenters. The molecular formula is C20H35IN4S. The Morgan fingerprint density at radius 3 is 2.62 bits per heavy atom. The number of benzene rings is 1. The van der Waals surface area contributed by atoms with Crippen LogP contribution < -0.4 is 10.6 Å². The fraction of sp³-hybridized carbons (Fsp3) is 0.650. The second-order valence-corrected chi connectivity index (χ2v) is 8.40. The van der Waals surface area contributed by atoms with E-state index < -0.39 is 0 Å². The zero-order valence-electron chi connectivity index (χ0n) is 16.6. The number of rotatable bonds is 8. The van der Waals surface area contributed by atoms with E-state index >= 15 is 0 Å². The van der Waals surface area contributed by atoms with Crippen LogP contribution >= 0.6 is 35.7 Å². The molecule has 0 aliphatic carbocycles. The second-order valence-electron chi connectivity index (χ2n) is 6.99. The number of nitrogens with one attached hydrogen (secondary N) is 2. The highest BCUT2D eigenvalue weighted by atomic mass is 127. The Morgan fingerprint density at radius 1 is 1.27 bits per heavy atom. The summed E-state index contributed by atoms with van der Waals surface area (Å²) in [7, 11) is 2.18. The van der Waals surface area contributed by atoms with E-state index in [1.165, 1.54) is 29.7 Å². The molecule has 0 aromatic heterocycles. The highest BCUT2D eigenvalue weighted by Crippen LogP contribution is 2.25. The highest BCUT2D eigenvalue weighted by molar-refractivity contribution is 14.0. The van der Waals surface area contributed by atoms with Crippen LogP contribution in [0.1, 0.15) is 44.7 Å². The lowest BCUT2D eigenvalue weighted by molar-refractivity contribution is 0.265. The first-order valence-electron chi connectivity index (χ1n) is 9.51.